The van der Waals surface area contributed by atoms with Gasteiger partial charge in [-0.05, 0) is 38.5 Å². The van der Waals surface area contributed by atoms with Gasteiger partial charge in [0.1, 0.15) is 12.4 Å². The van der Waals surface area contributed by atoms with Crippen LogP contribution in [0.15, 0.2) is 18.2 Å². The first-order valence-electron chi connectivity index (χ1n) is 5.12. The number of benzene rings is 1. The molecule has 1 atom stereocenters. The van der Waals surface area contributed by atoms with Crippen molar-refractivity contribution in [2.24, 2.45) is 0 Å². The predicted molar refractivity (Wildman–Crippen MR) is 63.9 cm³/mol. The number of hydrogen-bond donors (Lipinski definition) is 2. The van der Waals surface area contributed by atoms with Gasteiger partial charge >= 0.3 is 0 Å². The molecule has 0 saturated heterocycles. The maximum Gasteiger partial charge on any atom is 0.138 e. The fourth-order valence-electron chi connectivity index (χ4n) is 1.15. The summed E-state index contributed by atoms with van der Waals surface area (Å²) in [6.07, 6.45) is -0.555. The van der Waals surface area contributed by atoms with Gasteiger partial charge in [0.2, 0.25) is 0 Å². The third-order valence-corrected chi connectivity index (χ3v) is 2.31. The third-order valence-electron chi connectivity index (χ3n) is 2.02. The second kappa shape index (κ2) is 5.04. The summed E-state index contributed by atoms with van der Waals surface area (Å²) < 4.78 is 5.37. The number of aliphatic hydroxyl groups is 2. The lowest BCUT2D eigenvalue weighted by molar-refractivity contribution is 0.0285. The average molecular weight is 245 g/mol. The minimum Gasteiger partial charge on any atom is -0.489 e. The van der Waals surface area contributed by atoms with Gasteiger partial charge in [-0.25, -0.2) is 0 Å². The van der Waals surface area contributed by atoms with Crippen LogP contribution in [-0.4, -0.2) is 22.4 Å². The molecule has 0 heterocycles. The number of rotatable bonds is 4. The number of hydrogen-bond acceptors (Lipinski definition) is 3. The van der Waals surface area contributed by atoms with Crippen LogP contribution in [-0.2, 0) is 0 Å². The molecule has 16 heavy (non-hydrogen) atoms. The fourth-order valence-corrected chi connectivity index (χ4v) is 1.39. The first kappa shape index (κ1) is 13.3. The highest BCUT2D eigenvalue weighted by molar-refractivity contribution is 6.32. The van der Waals surface area contributed by atoms with Gasteiger partial charge < -0.3 is 14.9 Å². The largest absolute Gasteiger partial charge is 0.489 e. The zero-order chi connectivity index (χ0) is 12.3. The lowest BCUT2D eigenvalue weighted by Crippen LogP contribution is -2.27. The smallest absolute Gasteiger partial charge is 0.138 e. The summed E-state index contributed by atoms with van der Waals surface area (Å²) in [4.78, 5) is 0. The molecular weight excluding hydrogens is 228 g/mol. The molecule has 0 aliphatic carbocycles. The second-order valence-electron chi connectivity index (χ2n) is 4.47. The van der Waals surface area contributed by atoms with Crippen molar-refractivity contribution in [3.63, 3.8) is 0 Å². The van der Waals surface area contributed by atoms with E-state index in [1.54, 1.807) is 39.0 Å². The van der Waals surface area contributed by atoms with E-state index in [2.05, 4.69) is 0 Å². The van der Waals surface area contributed by atoms with Gasteiger partial charge in [-0.3, -0.25) is 0 Å². The topological polar surface area (TPSA) is 49.7 Å². The standard InChI is InChI=1S/C12H17ClO3/c1-8(14)9-4-5-11(10(13)6-9)16-7-12(2,3)15/h4-6,8,14-15H,7H2,1-3H3/t8-/m1/s1. The Morgan fingerprint density at radius 3 is 2.50 bits per heavy atom. The second-order valence-corrected chi connectivity index (χ2v) is 4.87. The normalized spacial score (nSPS) is 13.6. The van der Waals surface area contributed by atoms with E-state index in [0.29, 0.717) is 10.8 Å². The molecular formula is C12H17ClO3. The van der Waals surface area contributed by atoms with Crippen molar-refractivity contribution < 1.29 is 14.9 Å². The Balaban J connectivity index is 2.76. The molecule has 1 rings (SSSR count). The van der Waals surface area contributed by atoms with Crippen LogP contribution in [0.1, 0.15) is 32.4 Å². The molecule has 0 radical (unpaired) electrons. The van der Waals surface area contributed by atoms with Gasteiger partial charge in [-0.15, -0.1) is 0 Å². The molecule has 2 N–H and O–H groups in total. The summed E-state index contributed by atoms with van der Waals surface area (Å²) in [6, 6.07) is 5.10. The quantitative estimate of drug-likeness (QED) is 0.856. The Morgan fingerprint density at radius 1 is 1.44 bits per heavy atom. The van der Waals surface area contributed by atoms with Gasteiger partial charge in [0.15, 0.2) is 0 Å². The van der Waals surface area contributed by atoms with Crippen molar-refractivity contribution in [1.82, 2.24) is 0 Å². The maximum absolute atomic E-state index is 9.50. The van der Waals surface area contributed by atoms with Crippen molar-refractivity contribution in [2.75, 3.05) is 6.61 Å². The van der Waals surface area contributed by atoms with Crippen molar-refractivity contribution in [3.8, 4) is 5.75 Å². The zero-order valence-corrected chi connectivity index (χ0v) is 10.5. The monoisotopic (exact) mass is 244 g/mol. The third kappa shape index (κ3) is 4.00. The fraction of sp³-hybridized carbons (Fsp3) is 0.500. The molecule has 1 aromatic carbocycles. The van der Waals surface area contributed by atoms with Crippen molar-refractivity contribution in [1.29, 1.82) is 0 Å². The molecule has 0 aliphatic rings. The Labute approximate surface area is 101 Å². The Hall–Kier alpha value is -0.770. The average Bonchev–Trinajstić information content (AvgIpc) is 2.14. The van der Waals surface area contributed by atoms with Crippen LogP contribution in [0.4, 0.5) is 0 Å². The Kier molecular flexibility index (Phi) is 4.19. The number of halogens is 1. The number of aliphatic hydroxyl groups excluding tert-OH is 1. The summed E-state index contributed by atoms with van der Waals surface area (Å²) in [5.74, 6) is 0.508. The first-order valence-corrected chi connectivity index (χ1v) is 5.50. The van der Waals surface area contributed by atoms with Crippen molar-refractivity contribution in [2.45, 2.75) is 32.5 Å². The molecule has 3 nitrogen and oxygen atoms in total. The molecule has 0 amide bonds. The summed E-state index contributed by atoms with van der Waals surface area (Å²) in [7, 11) is 0. The molecule has 0 spiro atoms. The van der Waals surface area contributed by atoms with Crippen LogP contribution in [0, 0.1) is 0 Å². The number of ether oxygens (including phenoxy) is 1. The van der Waals surface area contributed by atoms with E-state index >= 15 is 0 Å². The summed E-state index contributed by atoms with van der Waals surface area (Å²) in [5, 5.41) is 19.3. The minimum atomic E-state index is -0.897. The zero-order valence-electron chi connectivity index (χ0n) is 9.70. The summed E-state index contributed by atoms with van der Waals surface area (Å²) in [5.41, 5.74) is -0.160. The van der Waals surface area contributed by atoms with Crippen LogP contribution in [0.2, 0.25) is 5.02 Å². The molecule has 0 saturated carbocycles. The molecule has 0 unspecified atom stereocenters. The molecule has 4 heteroatoms. The molecule has 0 aliphatic heterocycles. The molecule has 0 fully saturated rings. The lowest BCUT2D eigenvalue weighted by atomic mass is 10.1. The van der Waals surface area contributed by atoms with E-state index in [9.17, 15) is 10.2 Å². The highest BCUT2D eigenvalue weighted by Crippen LogP contribution is 2.28. The molecule has 1 aromatic rings. The first-order chi connectivity index (χ1) is 7.29. The van der Waals surface area contributed by atoms with Gasteiger partial charge in [-0.2, -0.15) is 0 Å². The lowest BCUT2D eigenvalue weighted by Gasteiger charge is -2.18. The van der Waals surface area contributed by atoms with Crippen LogP contribution in [0.3, 0.4) is 0 Å². The van der Waals surface area contributed by atoms with E-state index < -0.39 is 11.7 Å². The molecule has 0 bridgehead atoms. The van der Waals surface area contributed by atoms with Gasteiger partial charge in [0, 0.05) is 0 Å². The Morgan fingerprint density at radius 2 is 2.06 bits per heavy atom. The van der Waals surface area contributed by atoms with Crippen molar-refractivity contribution >= 4 is 11.6 Å². The van der Waals surface area contributed by atoms with Crippen LogP contribution < -0.4 is 4.74 Å². The van der Waals surface area contributed by atoms with E-state index in [0.717, 1.165) is 5.56 Å². The SMILES string of the molecule is C[C@@H](O)c1ccc(OCC(C)(C)O)c(Cl)c1. The predicted octanol–water partition coefficient (Wildman–Crippen LogP) is 2.54. The van der Waals surface area contributed by atoms with Crippen LogP contribution in [0.25, 0.3) is 0 Å². The van der Waals surface area contributed by atoms with E-state index in [1.807, 2.05) is 0 Å². The van der Waals surface area contributed by atoms with E-state index in [-0.39, 0.29) is 6.61 Å². The van der Waals surface area contributed by atoms with E-state index in [1.165, 1.54) is 0 Å². The van der Waals surface area contributed by atoms with Gasteiger partial charge in [-0.1, -0.05) is 17.7 Å². The van der Waals surface area contributed by atoms with Crippen LogP contribution in [0.5, 0.6) is 5.75 Å². The highest BCUT2D eigenvalue weighted by atomic mass is 35.5. The Bertz CT molecular complexity index is 356. The van der Waals surface area contributed by atoms with Crippen LogP contribution >= 0.6 is 11.6 Å². The van der Waals surface area contributed by atoms with Gasteiger partial charge in [0.25, 0.3) is 0 Å². The summed E-state index contributed by atoms with van der Waals surface area (Å²) >= 11 is 5.98. The van der Waals surface area contributed by atoms with Gasteiger partial charge in [0.05, 0.1) is 16.7 Å². The highest BCUT2D eigenvalue weighted by Gasteiger charge is 2.14. The molecule has 0 aromatic heterocycles. The summed E-state index contributed by atoms with van der Waals surface area (Å²) in [6.45, 7) is 5.15. The maximum atomic E-state index is 9.50. The van der Waals surface area contributed by atoms with Crippen molar-refractivity contribution in [3.05, 3.63) is 28.8 Å². The van der Waals surface area contributed by atoms with E-state index in [4.69, 9.17) is 16.3 Å². The molecule has 90 valence electrons. The minimum absolute atomic E-state index is 0.167.